The molecule has 2 aromatic rings. The first kappa shape index (κ1) is 12.8. The minimum Gasteiger partial charge on any atom is -0.497 e. The van der Waals surface area contributed by atoms with Gasteiger partial charge in [-0.1, -0.05) is 15.9 Å². The summed E-state index contributed by atoms with van der Waals surface area (Å²) in [6, 6.07) is 5.47. The van der Waals surface area contributed by atoms with E-state index in [0.29, 0.717) is 5.75 Å². The second-order valence-corrected chi connectivity index (χ2v) is 4.54. The third-order valence-electron chi connectivity index (χ3n) is 1.99. The molecule has 0 atom stereocenters. The smallest absolute Gasteiger partial charge is 0.233 e. The van der Waals surface area contributed by atoms with Crippen molar-refractivity contribution in [1.82, 2.24) is 15.0 Å². The molecule has 0 unspecified atom stereocenters. The lowest BCUT2D eigenvalue weighted by molar-refractivity contribution is 0.415. The molecule has 18 heavy (non-hydrogen) atoms. The van der Waals surface area contributed by atoms with Gasteiger partial charge in [0.05, 0.1) is 7.11 Å². The number of nitrogens with zero attached hydrogens (tertiary/aromatic N) is 3. The Labute approximate surface area is 117 Å². The highest BCUT2D eigenvalue weighted by molar-refractivity contribution is 9.10. The highest BCUT2D eigenvalue weighted by Gasteiger charge is 2.05. The fourth-order valence-corrected chi connectivity index (χ4v) is 1.94. The first-order valence-corrected chi connectivity index (χ1v) is 6.02. The molecule has 8 heteroatoms. The van der Waals surface area contributed by atoms with Crippen LogP contribution in [0.4, 0.5) is 17.6 Å². The van der Waals surface area contributed by atoms with E-state index in [0.717, 1.165) is 10.2 Å². The van der Waals surface area contributed by atoms with Crippen molar-refractivity contribution in [3.63, 3.8) is 0 Å². The fourth-order valence-electron chi connectivity index (χ4n) is 1.30. The first-order valence-electron chi connectivity index (χ1n) is 4.85. The molecule has 94 valence electrons. The molecule has 1 heterocycles. The molecule has 0 saturated carbocycles. The van der Waals surface area contributed by atoms with Gasteiger partial charge in [-0.25, -0.2) is 0 Å². The highest BCUT2D eigenvalue weighted by Crippen LogP contribution is 2.26. The molecule has 0 radical (unpaired) electrons. The number of hydrogen-bond donors (Lipinski definition) is 2. The lowest BCUT2D eigenvalue weighted by Gasteiger charge is -2.08. The van der Waals surface area contributed by atoms with Gasteiger partial charge in [0.15, 0.2) is 0 Å². The number of rotatable bonds is 3. The van der Waals surface area contributed by atoms with E-state index in [1.165, 1.54) is 0 Å². The van der Waals surface area contributed by atoms with Crippen LogP contribution in [0.5, 0.6) is 5.75 Å². The van der Waals surface area contributed by atoms with Gasteiger partial charge in [-0.3, -0.25) is 0 Å². The highest BCUT2D eigenvalue weighted by atomic mass is 79.9. The topological polar surface area (TPSA) is 86.0 Å². The van der Waals surface area contributed by atoms with Gasteiger partial charge in [0.2, 0.25) is 17.2 Å². The molecular formula is C10H9BrClN5O. The molecule has 1 aromatic carbocycles. The minimum absolute atomic E-state index is 0.0342. The van der Waals surface area contributed by atoms with Crippen molar-refractivity contribution < 1.29 is 4.74 Å². The van der Waals surface area contributed by atoms with E-state index in [9.17, 15) is 0 Å². The number of methoxy groups -OCH3 is 1. The number of ether oxygens (including phenoxy) is 1. The number of aromatic nitrogens is 3. The maximum absolute atomic E-state index is 5.69. The lowest BCUT2D eigenvalue weighted by atomic mass is 10.3. The summed E-state index contributed by atoms with van der Waals surface area (Å²) in [4.78, 5) is 11.5. The summed E-state index contributed by atoms with van der Waals surface area (Å²) in [5, 5.41) is 3.00. The van der Waals surface area contributed by atoms with Crippen LogP contribution in [0.2, 0.25) is 5.28 Å². The number of nitrogens with two attached hydrogens (primary N) is 1. The van der Waals surface area contributed by atoms with Crippen LogP contribution >= 0.6 is 27.5 Å². The van der Waals surface area contributed by atoms with Crippen LogP contribution < -0.4 is 15.8 Å². The number of nitrogen functional groups attached to an aromatic ring is 1. The van der Waals surface area contributed by atoms with Crippen LogP contribution in [-0.4, -0.2) is 22.1 Å². The molecule has 0 bridgehead atoms. The lowest BCUT2D eigenvalue weighted by Crippen LogP contribution is -2.03. The first-order chi connectivity index (χ1) is 8.56. The molecule has 2 rings (SSSR count). The standard InChI is InChI=1S/C10H9BrClN5O/c1-18-7-3-5(11)2-6(4-7)14-10-16-8(12)15-9(13)17-10/h2-4H,1H3,(H3,13,14,15,16,17). The van der Waals surface area contributed by atoms with Gasteiger partial charge >= 0.3 is 0 Å². The number of anilines is 3. The molecule has 1 aromatic heterocycles. The normalized spacial score (nSPS) is 10.2. The monoisotopic (exact) mass is 329 g/mol. The molecule has 0 spiro atoms. The Balaban J connectivity index is 2.30. The predicted octanol–water partition coefficient (Wildman–Crippen LogP) is 2.62. The van der Waals surface area contributed by atoms with E-state index in [-0.39, 0.29) is 17.2 Å². The van der Waals surface area contributed by atoms with Crippen LogP contribution in [0.25, 0.3) is 0 Å². The number of nitrogens with one attached hydrogen (secondary N) is 1. The second kappa shape index (κ2) is 5.36. The molecule has 3 N–H and O–H groups in total. The summed E-state index contributed by atoms with van der Waals surface area (Å²) >= 11 is 9.06. The third kappa shape index (κ3) is 3.21. The Morgan fingerprint density at radius 2 is 2.06 bits per heavy atom. The Hall–Kier alpha value is -1.60. The molecular weight excluding hydrogens is 322 g/mol. The third-order valence-corrected chi connectivity index (χ3v) is 2.62. The summed E-state index contributed by atoms with van der Waals surface area (Å²) in [5.41, 5.74) is 6.22. The van der Waals surface area contributed by atoms with Crippen molar-refractivity contribution in [3.05, 3.63) is 28.0 Å². The molecule has 6 nitrogen and oxygen atoms in total. The van der Waals surface area contributed by atoms with Crippen LogP contribution in [0.3, 0.4) is 0 Å². The van der Waals surface area contributed by atoms with Crippen molar-refractivity contribution in [3.8, 4) is 5.75 Å². The Bertz CT molecular complexity index is 560. The van der Waals surface area contributed by atoms with Gasteiger partial charge in [-0.15, -0.1) is 0 Å². The molecule has 0 fully saturated rings. The SMILES string of the molecule is COc1cc(Br)cc(Nc2nc(N)nc(Cl)n2)c1. The fraction of sp³-hybridized carbons (Fsp3) is 0.100. The van der Waals surface area contributed by atoms with Gasteiger partial charge < -0.3 is 15.8 Å². The second-order valence-electron chi connectivity index (χ2n) is 3.29. The number of halogens is 2. The quantitative estimate of drug-likeness (QED) is 0.899. The average molecular weight is 331 g/mol. The summed E-state index contributed by atoms with van der Waals surface area (Å²) < 4.78 is 6.01. The zero-order valence-electron chi connectivity index (χ0n) is 9.32. The van der Waals surface area contributed by atoms with Crippen LogP contribution in [-0.2, 0) is 0 Å². The molecule has 0 saturated heterocycles. The largest absolute Gasteiger partial charge is 0.497 e. The van der Waals surface area contributed by atoms with Crippen molar-refractivity contribution in [2.45, 2.75) is 0 Å². The maximum Gasteiger partial charge on any atom is 0.233 e. The van der Waals surface area contributed by atoms with Crippen molar-refractivity contribution in [2.24, 2.45) is 0 Å². The van der Waals surface area contributed by atoms with E-state index < -0.39 is 0 Å². The number of hydrogen-bond acceptors (Lipinski definition) is 6. The van der Waals surface area contributed by atoms with Gasteiger partial charge in [0, 0.05) is 16.2 Å². The zero-order valence-corrected chi connectivity index (χ0v) is 11.7. The van der Waals surface area contributed by atoms with Gasteiger partial charge in [0.1, 0.15) is 5.75 Å². The summed E-state index contributed by atoms with van der Waals surface area (Å²) in [6.45, 7) is 0. The van der Waals surface area contributed by atoms with Gasteiger partial charge in [0.25, 0.3) is 0 Å². The minimum atomic E-state index is 0.0342. The number of benzene rings is 1. The van der Waals surface area contributed by atoms with E-state index >= 15 is 0 Å². The Morgan fingerprint density at radius 1 is 1.28 bits per heavy atom. The summed E-state index contributed by atoms with van der Waals surface area (Å²) in [6.07, 6.45) is 0. The van der Waals surface area contributed by atoms with Gasteiger partial charge in [-0.2, -0.15) is 15.0 Å². The van der Waals surface area contributed by atoms with Crippen LogP contribution in [0.15, 0.2) is 22.7 Å². The predicted molar refractivity (Wildman–Crippen MR) is 73.2 cm³/mol. The van der Waals surface area contributed by atoms with Crippen molar-refractivity contribution in [1.29, 1.82) is 0 Å². The molecule has 0 amide bonds. The summed E-state index contributed by atoms with van der Waals surface area (Å²) in [7, 11) is 1.59. The van der Waals surface area contributed by atoms with Crippen LogP contribution in [0.1, 0.15) is 0 Å². The maximum atomic E-state index is 5.69. The zero-order chi connectivity index (χ0) is 13.1. The van der Waals surface area contributed by atoms with E-state index in [1.54, 1.807) is 13.2 Å². The molecule has 0 aliphatic heterocycles. The van der Waals surface area contributed by atoms with E-state index in [1.807, 2.05) is 12.1 Å². The molecule has 0 aliphatic rings. The summed E-state index contributed by atoms with van der Waals surface area (Å²) in [5.74, 6) is 1.02. The van der Waals surface area contributed by atoms with Crippen LogP contribution in [0, 0.1) is 0 Å². The Kier molecular flexibility index (Phi) is 3.83. The molecule has 0 aliphatic carbocycles. The van der Waals surface area contributed by atoms with E-state index in [4.69, 9.17) is 22.1 Å². The van der Waals surface area contributed by atoms with Gasteiger partial charge in [-0.05, 0) is 23.7 Å². The van der Waals surface area contributed by atoms with Crippen molar-refractivity contribution >= 4 is 45.1 Å². The van der Waals surface area contributed by atoms with E-state index in [2.05, 4.69) is 36.2 Å². The van der Waals surface area contributed by atoms with Crippen molar-refractivity contribution in [2.75, 3.05) is 18.2 Å². The average Bonchev–Trinajstić information content (AvgIpc) is 2.26. The Morgan fingerprint density at radius 3 is 2.72 bits per heavy atom.